The molecule has 1 aromatic carbocycles. The van der Waals surface area contributed by atoms with Crippen LogP contribution >= 0.6 is 0 Å². The number of oxime groups is 1. The number of nitrogens with zero attached hydrogens (tertiary/aromatic N) is 1. The molecule has 1 rings (SSSR count). The molecule has 1 unspecified atom stereocenters. The van der Waals surface area contributed by atoms with Gasteiger partial charge in [-0.3, -0.25) is 0 Å². The molecule has 1 atom stereocenters. The first-order valence-electron chi connectivity index (χ1n) is 6.56. The van der Waals surface area contributed by atoms with Gasteiger partial charge >= 0.3 is 0 Å². The molecular weight excluding hydrogens is 294 g/mol. The fraction of sp³-hybridized carbons (Fsp3) is 0.462. The number of hydrogen-bond donors (Lipinski definition) is 4. The molecular formula is C13H21N3O4S. The van der Waals surface area contributed by atoms with Gasteiger partial charge in [-0.1, -0.05) is 5.16 Å². The normalized spacial score (nSPS) is 14.1. The standard InChI is InChI=1S/C13H21N3O4S/c1-10(17)6-7-15-8-9-21(19,20)12-4-2-11(3-5-12)13(14)16-18/h2-5,10,15,17-18H,6-9H2,1H3,(H2,14,16). The van der Waals surface area contributed by atoms with E-state index in [1.165, 1.54) is 24.3 Å². The summed E-state index contributed by atoms with van der Waals surface area (Å²) in [5, 5.41) is 23.4. The summed E-state index contributed by atoms with van der Waals surface area (Å²) in [6.45, 7) is 2.56. The highest BCUT2D eigenvalue weighted by atomic mass is 32.2. The molecule has 0 saturated heterocycles. The monoisotopic (exact) mass is 315 g/mol. The van der Waals surface area contributed by atoms with Crippen LogP contribution in [0.1, 0.15) is 18.9 Å². The summed E-state index contributed by atoms with van der Waals surface area (Å²) >= 11 is 0. The van der Waals surface area contributed by atoms with Gasteiger partial charge in [0.15, 0.2) is 15.7 Å². The Labute approximate surface area is 124 Å². The summed E-state index contributed by atoms with van der Waals surface area (Å²) in [5.41, 5.74) is 5.86. The highest BCUT2D eigenvalue weighted by molar-refractivity contribution is 7.91. The lowest BCUT2D eigenvalue weighted by Gasteiger charge is -2.08. The molecule has 0 amide bonds. The summed E-state index contributed by atoms with van der Waals surface area (Å²) < 4.78 is 24.2. The first-order valence-corrected chi connectivity index (χ1v) is 8.21. The Balaban J connectivity index is 2.58. The Morgan fingerprint density at radius 2 is 1.95 bits per heavy atom. The predicted octanol–water partition coefficient (Wildman–Crippen LogP) is -0.0847. The molecule has 0 radical (unpaired) electrons. The van der Waals surface area contributed by atoms with Crippen molar-refractivity contribution in [2.75, 3.05) is 18.8 Å². The van der Waals surface area contributed by atoms with Gasteiger partial charge in [0.05, 0.1) is 16.8 Å². The molecule has 1 aromatic rings. The van der Waals surface area contributed by atoms with E-state index in [0.29, 0.717) is 25.1 Å². The van der Waals surface area contributed by atoms with Crippen molar-refractivity contribution in [3.63, 3.8) is 0 Å². The van der Waals surface area contributed by atoms with Crippen LogP contribution in [-0.4, -0.2) is 49.5 Å². The maximum Gasteiger partial charge on any atom is 0.179 e. The Kier molecular flexibility index (Phi) is 6.60. The number of rotatable bonds is 8. The van der Waals surface area contributed by atoms with Gasteiger partial charge in [0, 0.05) is 12.1 Å². The fourth-order valence-corrected chi connectivity index (χ4v) is 2.85. The van der Waals surface area contributed by atoms with Crippen LogP contribution in [0.5, 0.6) is 0 Å². The Morgan fingerprint density at radius 1 is 1.33 bits per heavy atom. The van der Waals surface area contributed by atoms with Gasteiger partial charge < -0.3 is 21.4 Å². The lowest BCUT2D eigenvalue weighted by Crippen LogP contribution is -2.25. The maximum atomic E-state index is 12.1. The molecule has 0 aliphatic rings. The Hall–Kier alpha value is -1.64. The van der Waals surface area contributed by atoms with E-state index in [1.54, 1.807) is 6.92 Å². The number of aliphatic hydroxyl groups excluding tert-OH is 1. The molecule has 118 valence electrons. The van der Waals surface area contributed by atoms with Crippen molar-refractivity contribution in [2.45, 2.75) is 24.3 Å². The molecule has 0 aliphatic heterocycles. The molecule has 0 bridgehead atoms. The molecule has 0 aliphatic carbocycles. The molecule has 21 heavy (non-hydrogen) atoms. The van der Waals surface area contributed by atoms with Crippen LogP contribution in [0.3, 0.4) is 0 Å². The highest BCUT2D eigenvalue weighted by Crippen LogP contribution is 2.12. The topological polar surface area (TPSA) is 125 Å². The Bertz CT molecular complexity index is 568. The van der Waals surface area contributed by atoms with Crippen LogP contribution < -0.4 is 11.1 Å². The molecule has 8 heteroatoms. The number of benzene rings is 1. The second-order valence-corrected chi connectivity index (χ2v) is 6.83. The van der Waals surface area contributed by atoms with E-state index < -0.39 is 15.9 Å². The summed E-state index contributed by atoms with van der Waals surface area (Å²) in [6.07, 6.45) is 0.175. The van der Waals surface area contributed by atoms with Crippen LogP contribution in [-0.2, 0) is 9.84 Å². The van der Waals surface area contributed by atoms with Gasteiger partial charge in [-0.15, -0.1) is 0 Å². The number of amidine groups is 1. The van der Waals surface area contributed by atoms with Crippen LogP contribution in [0.15, 0.2) is 34.3 Å². The number of aliphatic hydroxyl groups is 1. The first-order chi connectivity index (χ1) is 9.86. The second kappa shape index (κ2) is 7.96. The van der Waals surface area contributed by atoms with Crippen molar-refractivity contribution in [3.8, 4) is 0 Å². The SMILES string of the molecule is CC(O)CCNCCS(=O)(=O)c1ccc(/C(N)=N/O)cc1. The van der Waals surface area contributed by atoms with E-state index >= 15 is 0 Å². The molecule has 0 heterocycles. The third kappa shape index (κ3) is 5.70. The van der Waals surface area contributed by atoms with Crippen molar-refractivity contribution >= 4 is 15.7 Å². The van der Waals surface area contributed by atoms with E-state index in [0.717, 1.165) is 0 Å². The fourth-order valence-electron chi connectivity index (χ4n) is 1.65. The Morgan fingerprint density at radius 3 is 2.48 bits per heavy atom. The average Bonchev–Trinajstić information content (AvgIpc) is 2.45. The maximum absolute atomic E-state index is 12.1. The van der Waals surface area contributed by atoms with Gasteiger partial charge in [0.1, 0.15) is 0 Å². The zero-order chi connectivity index (χ0) is 15.9. The number of sulfone groups is 1. The third-order valence-corrected chi connectivity index (χ3v) is 4.64. The van der Waals surface area contributed by atoms with Crippen molar-refractivity contribution in [1.82, 2.24) is 5.32 Å². The van der Waals surface area contributed by atoms with E-state index in [4.69, 9.17) is 16.0 Å². The lowest BCUT2D eigenvalue weighted by atomic mass is 10.2. The van der Waals surface area contributed by atoms with E-state index in [2.05, 4.69) is 10.5 Å². The molecule has 5 N–H and O–H groups in total. The molecule has 0 fully saturated rings. The number of nitrogens with two attached hydrogens (primary N) is 1. The smallest absolute Gasteiger partial charge is 0.179 e. The van der Waals surface area contributed by atoms with Crippen LogP contribution in [0, 0.1) is 0 Å². The van der Waals surface area contributed by atoms with Crippen LogP contribution in [0.4, 0.5) is 0 Å². The predicted molar refractivity (Wildman–Crippen MR) is 80.2 cm³/mol. The molecule has 0 spiro atoms. The van der Waals surface area contributed by atoms with Gasteiger partial charge in [0.2, 0.25) is 0 Å². The third-order valence-electron chi connectivity index (χ3n) is 2.90. The summed E-state index contributed by atoms with van der Waals surface area (Å²) in [4.78, 5) is 0.189. The van der Waals surface area contributed by atoms with Gasteiger partial charge in [0.25, 0.3) is 0 Å². The largest absolute Gasteiger partial charge is 0.409 e. The first kappa shape index (κ1) is 17.4. The quantitative estimate of drug-likeness (QED) is 0.175. The van der Waals surface area contributed by atoms with Gasteiger partial charge in [-0.2, -0.15) is 0 Å². The summed E-state index contributed by atoms with van der Waals surface area (Å²) in [7, 11) is -3.38. The molecule has 7 nitrogen and oxygen atoms in total. The van der Waals surface area contributed by atoms with Crippen LogP contribution in [0.25, 0.3) is 0 Å². The zero-order valence-corrected chi connectivity index (χ0v) is 12.7. The molecule has 0 aromatic heterocycles. The van der Waals surface area contributed by atoms with E-state index in [1.807, 2.05) is 0 Å². The van der Waals surface area contributed by atoms with E-state index in [9.17, 15) is 8.42 Å². The summed E-state index contributed by atoms with van der Waals surface area (Å²) in [6, 6.07) is 5.84. The lowest BCUT2D eigenvalue weighted by molar-refractivity contribution is 0.184. The summed E-state index contributed by atoms with van der Waals surface area (Å²) in [5.74, 6) is -0.103. The van der Waals surface area contributed by atoms with E-state index in [-0.39, 0.29) is 16.5 Å². The minimum absolute atomic E-state index is 0.0320. The average molecular weight is 315 g/mol. The highest BCUT2D eigenvalue weighted by Gasteiger charge is 2.14. The second-order valence-electron chi connectivity index (χ2n) is 4.72. The number of hydrogen-bond acceptors (Lipinski definition) is 6. The van der Waals surface area contributed by atoms with Crippen LogP contribution in [0.2, 0.25) is 0 Å². The van der Waals surface area contributed by atoms with Gasteiger partial charge in [-0.05, 0) is 44.2 Å². The minimum atomic E-state index is -3.38. The molecule has 0 saturated carbocycles. The van der Waals surface area contributed by atoms with Crippen molar-refractivity contribution < 1.29 is 18.7 Å². The van der Waals surface area contributed by atoms with Crippen molar-refractivity contribution in [3.05, 3.63) is 29.8 Å². The van der Waals surface area contributed by atoms with Gasteiger partial charge in [-0.25, -0.2) is 8.42 Å². The zero-order valence-electron chi connectivity index (χ0n) is 11.9. The minimum Gasteiger partial charge on any atom is -0.409 e. The number of nitrogens with one attached hydrogen (secondary N) is 1. The van der Waals surface area contributed by atoms with Crippen molar-refractivity contribution in [2.24, 2.45) is 10.9 Å². The van der Waals surface area contributed by atoms with Crippen molar-refractivity contribution in [1.29, 1.82) is 0 Å².